The molecule has 2 aromatic heterocycles. The van der Waals surface area contributed by atoms with Gasteiger partial charge in [0.2, 0.25) is 5.91 Å². The topological polar surface area (TPSA) is 54.3 Å². The summed E-state index contributed by atoms with van der Waals surface area (Å²) in [6.07, 6.45) is 3.48. The minimum absolute atomic E-state index is 0.229. The Morgan fingerprint density at radius 1 is 1.00 bits per heavy atom. The average Bonchev–Trinajstić information content (AvgIpc) is 3.36. The van der Waals surface area contributed by atoms with Crippen molar-refractivity contribution in [3.8, 4) is 11.3 Å². The van der Waals surface area contributed by atoms with Gasteiger partial charge in [0.1, 0.15) is 5.82 Å². The maximum absolute atomic E-state index is 12.0. The molecule has 2 aliphatic heterocycles. The molecule has 0 aliphatic carbocycles. The van der Waals surface area contributed by atoms with E-state index in [-0.39, 0.29) is 5.91 Å². The monoisotopic (exact) mass is 415 g/mol. The van der Waals surface area contributed by atoms with Crippen LogP contribution >= 0.6 is 0 Å². The number of hydrogen-bond acceptors (Lipinski definition) is 4. The second-order valence-corrected chi connectivity index (χ2v) is 8.78. The van der Waals surface area contributed by atoms with E-state index in [2.05, 4.69) is 65.6 Å². The molecule has 31 heavy (non-hydrogen) atoms. The van der Waals surface area contributed by atoms with Crippen LogP contribution in [-0.2, 0) is 17.9 Å². The highest BCUT2D eigenvalue weighted by Gasteiger charge is 2.26. The molecular weight excluding hydrogens is 386 g/mol. The van der Waals surface area contributed by atoms with Crippen molar-refractivity contribution in [3.05, 3.63) is 59.8 Å². The van der Waals surface area contributed by atoms with E-state index in [4.69, 9.17) is 4.98 Å². The van der Waals surface area contributed by atoms with Gasteiger partial charge in [-0.2, -0.15) is 0 Å². The molecule has 1 fully saturated rings. The molecule has 0 bridgehead atoms. The highest BCUT2D eigenvalue weighted by molar-refractivity contribution is 5.95. The van der Waals surface area contributed by atoms with Crippen molar-refractivity contribution >= 4 is 17.3 Å². The fourth-order valence-corrected chi connectivity index (χ4v) is 4.83. The van der Waals surface area contributed by atoms with Gasteiger partial charge in [-0.15, -0.1) is 0 Å². The number of aromatic nitrogens is 3. The third-order valence-corrected chi connectivity index (χ3v) is 6.44. The summed E-state index contributed by atoms with van der Waals surface area (Å²) in [7, 11) is 0. The first kappa shape index (κ1) is 19.8. The van der Waals surface area contributed by atoms with Gasteiger partial charge in [-0.25, -0.2) is 4.98 Å². The second-order valence-electron chi connectivity index (χ2n) is 8.78. The number of imidazole rings is 1. The summed E-state index contributed by atoms with van der Waals surface area (Å²) in [5, 5.41) is 0. The molecule has 0 saturated carbocycles. The first-order valence-corrected chi connectivity index (χ1v) is 11.2. The van der Waals surface area contributed by atoms with Crippen molar-refractivity contribution in [2.45, 2.75) is 52.6 Å². The fraction of sp³-hybridized carbons (Fsp3) is 0.400. The summed E-state index contributed by atoms with van der Waals surface area (Å²) in [6.45, 7) is 9.95. The lowest BCUT2D eigenvalue weighted by atomic mass is 10.00. The lowest BCUT2D eigenvalue weighted by Crippen LogP contribution is -2.34. The minimum Gasteiger partial charge on any atom is -0.364 e. The summed E-state index contributed by atoms with van der Waals surface area (Å²) in [6, 6.07) is 12.6. The van der Waals surface area contributed by atoms with E-state index in [1.165, 1.54) is 11.4 Å². The predicted molar refractivity (Wildman–Crippen MR) is 123 cm³/mol. The number of nitrogens with zero attached hydrogens (tertiary/aromatic N) is 5. The van der Waals surface area contributed by atoms with Gasteiger partial charge in [0, 0.05) is 49.2 Å². The molecule has 1 aromatic carbocycles. The van der Waals surface area contributed by atoms with Crippen LogP contribution in [0, 0.1) is 6.92 Å². The molecule has 2 aliphatic rings. The first-order valence-electron chi connectivity index (χ1n) is 11.2. The van der Waals surface area contributed by atoms with E-state index >= 15 is 0 Å². The molecule has 3 aromatic rings. The predicted octanol–water partition coefficient (Wildman–Crippen LogP) is 4.52. The molecular formula is C25H29N5O. The van der Waals surface area contributed by atoms with Gasteiger partial charge in [-0.05, 0) is 55.7 Å². The van der Waals surface area contributed by atoms with Gasteiger partial charge < -0.3 is 14.4 Å². The van der Waals surface area contributed by atoms with Gasteiger partial charge in [0.25, 0.3) is 0 Å². The Morgan fingerprint density at radius 3 is 2.48 bits per heavy atom. The number of rotatable bonds is 4. The van der Waals surface area contributed by atoms with Gasteiger partial charge in [0.05, 0.1) is 23.6 Å². The maximum atomic E-state index is 12.0. The first-order chi connectivity index (χ1) is 15.0. The molecule has 0 N–H and O–H groups in total. The molecule has 0 radical (unpaired) electrons. The quantitative estimate of drug-likeness (QED) is 0.629. The molecule has 0 atom stereocenters. The van der Waals surface area contributed by atoms with Crippen LogP contribution in [0.15, 0.2) is 42.6 Å². The van der Waals surface area contributed by atoms with E-state index in [1.807, 2.05) is 17.2 Å². The van der Waals surface area contributed by atoms with E-state index in [0.29, 0.717) is 12.3 Å². The van der Waals surface area contributed by atoms with Crippen molar-refractivity contribution in [1.29, 1.82) is 0 Å². The van der Waals surface area contributed by atoms with Gasteiger partial charge in [0.15, 0.2) is 0 Å². The van der Waals surface area contributed by atoms with Crippen molar-refractivity contribution in [1.82, 2.24) is 14.5 Å². The minimum atomic E-state index is 0.229. The third kappa shape index (κ3) is 3.50. The Bertz CT molecular complexity index is 1120. The highest BCUT2D eigenvalue weighted by Crippen LogP contribution is 2.34. The van der Waals surface area contributed by atoms with Crippen molar-refractivity contribution in [3.63, 3.8) is 0 Å². The number of fused-ring (bicyclic) bond motifs is 1. The molecule has 6 nitrogen and oxygen atoms in total. The van der Waals surface area contributed by atoms with Crippen molar-refractivity contribution in [2.24, 2.45) is 0 Å². The van der Waals surface area contributed by atoms with Crippen LogP contribution in [0.5, 0.6) is 0 Å². The van der Waals surface area contributed by atoms with Crippen LogP contribution < -0.4 is 9.80 Å². The fourth-order valence-electron chi connectivity index (χ4n) is 4.83. The van der Waals surface area contributed by atoms with E-state index in [0.717, 1.165) is 61.1 Å². The summed E-state index contributed by atoms with van der Waals surface area (Å²) < 4.78 is 2.35. The molecule has 5 rings (SSSR count). The Kier molecular flexibility index (Phi) is 5.00. The molecule has 1 saturated heterocycles. The zero-order valence-electron chi connectivity index (χ0n) is 18.5. The summed E-state index contributed by atoms with van der Waals surface area (Å²) >= 11 is 0. The van der Waals surface area contributed by atoms with E-state index < -0.39 is 0 Å². The SMILES string of the molecule is Cc1nc(-c2cccnc2C(C)C)c2n1CCN(c1ccc(N3CCCC3=O)cc1)C2. The lowest BCUT2D eigenvalue weighted by Gasteiger charge is -2.31. The van der Waals surface area contributed by atoms with Crippen LogP contribution in [0.3, 0.4) is 0 Å². The molecule has 0 unspecified atom stereocenters. The lowest BCUT2D eigenvalue weighted by molar-refractivity contribution is -0.117. The number of carbonyl (C=O) groups is 1. The molecule has 0 spiro atoms. The maximum Gasteiger partial charge on any atom is 0.227 e. The van der Waals surface area contributed by atoms with Crippen LogP contribution in [-0.4, -0.2) is 33.5 Å². The number of amides is 1. The van der Waals surface area contributed by atoms with Gasteiger partial charge in [-0.1, -0.05) is 13.8 Å². The number of carbonyl (C=O) groups excluding carboxylic acids is 1. The standard InChI is InChI=1S/C25H29N5O/c1-17(2)24-21(6-4-12-26-24)25-22-16-28(14-15-29(22)18(3)27-25)19-8-10-20(11-9-19)30-13-5-7-23(30)31/h4,6,8-12,17H,5,7,13-16H2,1-3H3. The highest BCUT2D eigenvalue weighted by atomic mass is 16.2. The number of pyridine rings is 1. The smallest absolute Gasteiger partial charge is 0.227 e. The molecule has 6 heteroatoms. The van der Waals surface area contributed by atoms with Crippen LogP contribution in [0.4, 0.5) is 11.4 Å². The van der Waals surface area contributed by atoms with E-state index in [9.17, 15) is 4.79 Å². The van der Waals surface area contributed by atoms with Crippen molar-refractivity contribution < 1.29 is 4.79 Å². The Labute approximate surface area is 183 Å². The Morgan fingerprint density at radius 2 is 1.77 bits per heavy atom. The van der Waals surface area contributed by atoms with Gasteiger partial charge >= 0.3 is 0 Å². The van der Waals surface area contributed by atoms with E-state index in [1.54, 1.807) is 0 Å². The molecule has 160 valence electrons. The average molecular weight is 416 g/mol. The summed E-state index contributed by atoms with van der Waals surface area (Å²) in [5.74, 6) is 1.63. The summed E-state index contributed by atoms with van der Waals surface area (Å²) in [4.78, 5) is 26.0. The third-order valence-electron chi connectivity index (χ3n) is 6.44. The van der Waals surface area contributed by atoms with Gasteiger partial charge in [-0.3, -0.25) is 9.78 Å². The van der Waals surface area contributed by atoms with Crippen LogP contribution in [0.25, 0.3) is 11.3 Å². The van der Waals surface area contributed by atoms with Crippen LogP contribution in [0.1, 0.15) is 49.8 Å². The second kappa shape index (κ2) is 7.84. The number of benzene rings is 1. The summed E-state index contributed by atoms with van der Waals surface area (Å²) in [5.41, 5.74) is 6.72. The van der Waals surface area contributed by atoms with Crippen LogP contribution in [0.2, 0.25) is 0 Å². The number of anilines is 2. The molecule has 1 amide bonds. The Hall–Kier alpha value is -3.15. The number of aryl methyl sites for hydroxylation is 1. The molecule has 4 heterocycles. The number of hydrogen-bond donors (Lipinski definition) is 0. The Balaban J connectivity index is 1.45. The zero-order chi connectivity index (χ0) is 21.5. The zero-order valence-corrected chi connectivity index (χ0v) is 18.5. The largest absolute Gasteiger partial charge is 0.364 e. The normalized spacial score (nSPS) is 16.3. The van der Waals surface area contributed by atoms with Crippen molar-refractivity contribution in [2.75, 3.05) is 22.9 Å².